The Morgan fingerprint density at radius 2 is 2.24 bits per heavy atom. The molecule has 0 saturated heterocycles. The van der Waals surface area contributed by atoms with E-state index in [1.165, 1.54) is 7.11 Å². The molecule has 0 saturated carbocycles. The lowest BCUT2D eigenvalue weighted by Gasteiger charge is -2.02. The number of esters is 1. The van der Waals surface area contributed by atoms with Crippen LogP contribution in [0.5, 0.6) is 0 Å². The summed E-state index contributed by atoms with van der Waals surface area (Å²) in [7, 11) is 1.39. The Kier molecular flexibility index (Phi) is 3.13. The summed E-state index contributed by atoms with van der Waals surface area (Å²) in [6.07, 6.45) is 0.893. The highest BCUT2D eigenvalue weighted by molar-refractivity contribution is 5.95. The number of ether oxygens (including phenoxy) is 1. The maximum absolute atomic E-state index is 11.5. The Balaban J connectivity index is 2.46. The Bertz CT molecular complexity index is 543. The van der Waals surface area contributed by atoms with Crippen LogP contribution in [0.1, 0.15) is 29.9 Å². The first-order chi connectivity index (χ1) is 8.11. The SMILES string of the molecule is COC(=O)c1ccc2[nH]nc(CC(C)C)c2c1. The van der Waals surface area contributed by atoms with Crippen LogP contribution < -0.4 is 0 Å². The number of nitrogens with one attached hydrogen (secondary N) is 1. The van der Waals surface area contributed by atoms with E-state index < -0.39 is 0 Å². The molecule has 2 aromatic rings. The zero-order valence-corrected chi connectivity index (χ0v) is 10.3. The van der Waals surface area contributed by atoms with Crippen molar-refractivity contribution in [3.05, 3.63) is 29.5 Å². The van der Waals surface area contributed by atoms with Crippen LogP contribution in [0.25, 0.3) is 10.9 Å². The van der Waals surface area contributed by atoms with Crippen LogP contribution in [0.2, 0.25) is 0 Å². The van der Waals surface area contributed by atoms with Crippen molar-refractivity contribution in [3.8, 4) is 0 Å². The average molecular weight is 232 g/mol. The largest absolute Gasteiger partial charge is 0.465 e. The number of aromatic amines is 1. The maximum Gasteiger partial charge on any atom is 0.337 e. The number of aromatic nitrogens is 2. The third kappa shape index (κ3) is 2.30. The van der Waals surface area contributed by atoms with Gasteiger partial charge in [0.1, 0.15) is 0 Å². The topological polar surface area (TPSA) is 55.0 Å². The van der Waals surface area contributed by atoms with Gasteiger partial charge in [0.05, 0.1) is 23.9 Å². The lowest BCUT2D eigenvalue weighted by molar-refractivity contribution is 0.0601. The van der Waals surface area contributed by atoms with E-state index >= 15 is 0 Å². The number of rotatable bonds is 3. The summed E-state index contributed by atoms with van der Waals surface area (Å²) in [5, 5.41) is 8.26. The molecular weight excluding hydrogens is 216 g/mol. The second-order valence-electron chi connectivity index (χ2n) is 4.52. The van der Waals surface area contributed by atoms with Crippen LogP contribution in [0.4, 0.5) is 0 Å². The molecule has 0 aliphatic carbocycles. The van der Waals surface area contributed by atoms with E-state index in [-0.39, 0.29) is 5.97 Å². The van der Waals surface area contributed by atoms with E-state index in [9.17, 15) is 4.79 Å². The molecule has 0 unspecified atom stereocenters. The predicted octanol–water partition coefficient (Wildman–Crippen LogP) is 2.55. The third-order valence-corrected chi connectivity index (χ3v) is 2.66. The number of hydrogen-bond acceptors (Lipinski definition) is 3. The fourth-order valence-corrected chi connectivity index (χ4v) is 1.86. The fraction of sp³-hybridized carbons (Fsp3) is 0.385. The number of H-pyrrole nitrogens is 1. The summed E-state index contributed by atoms with van der Waals surface area (Å²) in [5.41, 5.74) is 2.51. The first-order valence-corrected chi connectivity index (χ1v) is 5.67. The fourth-order valence-electron chi connectivity index (χ4n) is 1.86. The molecule has 2 rings (SSSR count). The minimum Gasteiger partial charge on any atom is -0.465 e. The molecular formula is C13H16N2O2. The number of carbonyl (C=O) groups excluding carboxylic acids is 1. The highest BCUT2D eigenvalue weighted by atomic mass is 16.5. The van der Waals surface area contributed by atoms with E-state index in [4.69, 9.17) is 4.74 Å². The molecule has 1 aromatic heterocycles. The molecule has 0 aliphatic rings. The summed E-state index contributed by atoms with van der Waals surface area (Å²) < 4.78 is 4.71. The van der Waals surface area contributed by atoms with Crippen molar-refractivity contribution in [2.45, 2.75) is 20.3 Å². The van der Waals surface area contributed by atoms with E-state index in [0.29, 0.717) is 11.5 Å². The lowest BCUT2D eigenvalue weighted by Crippen LogP contribution is -2.01. The minimum atomic E-state index is -0.316. The smallest absolute Gasteiger partial charge is 0.337 e. The number of methoxy groups -OCH3 is 1. The summed E-state index contributed by atoms with van der Waals surface area (Å²) in [5.74, 6) is 0.215. The molecule has 4 heteroatoms. The molecule has 0 bridgehead atoms. The second-order valence-corrected chi connectivity index (χ2v) is 4.52. The quantitative estimate of drug-likeness (QED) is 0.827. The Labute approximate surface area is 100.0 Å². The van der Waals surface area contributed by atoms with E-state index in [2.05, 4.69) is 24.0 Å². The molecule has 17 heavy (non-hydrogen) atoms. The summed E-state index contributed by atoms with van der Waals surface area (Å²) in [6.45, 7) is 4.29. The van der Waals surface area contributed by atoms with Crippen LogP contribution in [-0.4, -0.2) is 23.3 Å². The highest BCUT2D eigenvalue weighted by Crippen LogP contribution is 2.20. The molecule has 0 spiro atoms. The van der Waals surface area contributed by atoms with Crippen LogP contribution in [0.3, 0.4) is 0 Å². The van der Waals surface area contributed by atoms with Gasteiger partial charge in [0.25, 0.3) is 0 Å². The van der Waals surface area contributed by atoms with Crippen LogP contribution >= 0.6 is 0 Å². The van der Waals surface area contributed by atoms with Crippen molar-refractivity contribution in [1.82, 2.24) is 10.2 Å². The number of nitrogens with zero attached hydrogens (tertiary/aromatic N) is 1. The molecule has 1 aromatic carbocycles. The van der Waals surface area contributed by atoms with Gasteiger partial charge in [0, 0.05) is 5.39 Å². The van der Waals surface area contributed by atoms with Crippen molar-refractivity contribution < 1.29 is 9.53 Å². The number of carbonyl (C=O) groups is 1. The predicted molar refractivity (Wildman–Crippen MR) is 66.0 cm³/mol. The van der Waals surface area contributed by atoms with Crippen LogP contribution in [0, 0.1) is 5.92 Å². The molecule has 90 valence electrons. The molecule has 0 aliphatic heterocycles. The lowest BCUT2D eigenvalue weighted by atomic mass is 10.0. The van der Waals surface area contributed by atoms with Crippen molar-refractivity contribution in [2.75, 3.05) is 7.11 Å². The number of fused-ring (bicyclic) bond motifs is 1. The first-order valence-electron chi connectivity index (χ1n) is 5.67. The average Bonchev–Trinajstić information content (AvgIpc) is 2.70. The highest BCUT2D eigenvalue weighted by Gasteiger charge is 2.11. The summed E-state index contributed by atoms with van der Waals surface area (Å²) in [4.78, 5) is 11.5. The molecule has 0 radical (unpaired) electrons. The second kappa shape index (κ2) is 4.57. The normalized spacial score (nSPS) is 11.1. The van der Waals surface area contributed by atoms with Gasteiger partial charge in [-0.25, -0.2) is 4.79 Å². The van der Waals surface area contributed by atoms with Gasteiger partial charge in [0.2, 0.25) is 0 Å². The van der Waals surface area contributed by atoms with Crippen molar-refractivity contribution in [1.29, 1.82) is 0 Å². The Morgan fingerprint density at radius 3 is 2.88 bits per heavy atom. The van der Waals surface area contributed by atoms with Gasteiger partial charge in [-0.2, -0.15) is 5.10 Å². The number of benzene rings is 1. The summed E-state index contributed by atoms with van der Waals surface area (Å²) in [6, 6.07) is 5.44. The monoisotopic (exact) mass is 232 g/mol. The Morgan fingerprint density at radius 1 is 1.47 bits per heavy atom. The third-order valence-electron chi connectivity index (χ3n) is 2.66. The molecule has 4 nitrogen and oxygen atoms in total. The van der Waals surface area contributed by atoms with E-state index in [1.807, 2.05) is 12.1 Å². The molecule has 0 atom stereocenters. The van der Waals surface area contributed by atoms with Gasteiger partial charge in [-0.15, -0.1) is 0 Å². The number of hydrogen-bond donors (Lipinski definition) is 1. The standard InChI is InChI=1S/C13H16N2O2/c1-8(2)6-12-10-7-9(13(16)17-3)4-5-11(10)14-15-12/h4-5,7-8H,6H2,1-3H3,(H,14,15). The molecule has 0 amide bonds. The van der Waals surface area contributed by atoms with Gasteiger partial charge < -0.3 is 4.74 Å². The summed E-state index contributed by atoms with van der Waals surface area (Å²) >= 11 is 0. The van der Waals surface area contributed by atoms with Gasteiger partial charge in [0.15, 0.2) is 0 Å². The zero-order chi connectivity index (χ0) is 12.4. The first kappa shape index (κ1) is 11.6. The van der Waals surface area contributed by atoms with Gasteiger partial charge in [-0.1, -0.05) is 13.8 Å². The van der Waals surface area contributed by atoms with Crippen LogP contribution in [-0.2, 0) is 11.2 Å². The van der Waals surface area contributed by atoms with E-state index in [0.717, 1.165) is 23.0 Å². The van der Waals surface area contributed by atoms with Crippen LogP contribution in [0.15, 0.2) is 18.2 Å². The van der Waals surface area contributed by atoms with Gasteiger partial charge >= 0.3 is 5.97 Å². The van der Waals surface area contributed by atoms with Gasteiger partial charge in [-0.05, 0) is 30.5 Å². The van der Waals surface area contributed by atoms with Crippen molar-refractivity contribution in [3.63, 3.8) is 0 Å². The van der Waals surface area contributed by atoms with Crippen molar-refractivity contribution in [2.24, 2.45) is 5.92 Å². The molecule has 0 fully saturated rings. The van der Waals surface area contributed by atoms with Gasteiger partial charge in [-0.3, -0.25) is 5.10 Å². The Hall–Kier alpha value is -1.84. The minimum absolute atomic E-state index is 0.316. The molecule has 1 heterocycles. The molecule has 1 N–H and O–H groups in total. The zero-order valence-electron chi connectivity index (χ0n) is 10.3. The van der Waals surface area contributed by atoms with E-state index in [1.54, 1.807) is 6.07 Å². The maximum atomic E-state index is 11.5. The van der Waals surface area contributed by atoms with Crippen molar-refractivity contribution >= 4 is 16.9 Å².